The van der Waals surface area contributed by atoms with Gasteiger partial charge in [-0.3, -0.25) is 0 Å². The highest BCUT2D eigenvalue weighted by molar-refractivity contribution is 5.98. The van der Waals surface area contributed by atoms with Crippen LogP contribution in [0.1, 0.15) is 17.5 Å². The van der Waals surface area contributed by atoms with E-state index in [0.717, 1.165) is 18.4 Å². The molecule has 0 saturated heterocycles. The second-order valence-corrected chi connectivity index (χ2v) is 7.52. The van der Waals surface area contributed by atoms with E-state index in [1.165, 1.54) is 24.3 Å². The first-order chi connectivity index (χ1) is 16.3. The van der Waals surface area contributed by atoms with Gasteiger partial charge in [-0.1, -0.05) is 36.4 Å². The molecule has 0 radical (unpaired) electrons. The lowest BCUT2D eigenvalue weighted by molar-refractivity contribution is -0.137. The molecule has 3 aromatic carbocycles. The molecule has 4 rings (SSSR count). The number of hydrogen-bond acceptors (Lipinski definition) is 4. The van der Waals surface area contributed by atoms with E-state index >= 15 is 0 Å². The summed E-state index contributed by atoms with van der Waals surface area (Å²) < 4.78 is 53.1. The van der Waals surface area contributed by atoms with Crippen LogP contribution in [0, 0.1) is 17.1 Å². The molecule has 4 nitrogen and oxygen atoms in total. The number of anilines is 1. The molecule has 34 heavy (non-hydrogen) atoms. The predicted molar refractivity (Wildman–Crippen MR) is 121 cm³/mol. The van der Waals surface area contributed by atoms with E-state index in [0.29, 0.717) is 39.0 Å². The van der Waals surface area contributed by atoms with Gasteiger partial charge in [-0.25, -0.2) is 9.37 Å². The molecule has 0 atom stereocenters. The molecule has 0 amide bonds. The number of fused-ring (bicyclic) bond motifs is 1. The maximum atomic E-state index is 13.9. The fourth-order valence-corrected chi connectivity index (χ4v) is 3.69. The van der Waals surface area contributed by atoms with Crippen molar-refractivity contribution >= 4 is 22.9 Å². The van der Waals surface area contributed by atoms with Crippen LogP contribution in [0.4, 0.5) is 23.2 Å². The van der Waals surface area contributed by atoms with E-state index in [-0.39, 0.29) is 18.5 Å². The number of aldehydes is 1. The quantitative estimate of drug-likeness (QED) is 0.199. The van der Waals surface area contributed by atoms with Gasteiger partial charge in [0.15, 0.2) is 0 Å². The SMILES string of the molecule is N#Cc1c(-c2ccc(-c3cccc(C(F)(F)F)c3)cc2)nc2ccc(F)cc2c1NCCC=O. The number of hydrogen-bond donors (Lipinski definition) is 1. The Morgan fingerprint density at radius 1 is 0.971 bits per heavy atom. The van der Waals surface area contributed by atoms with E-state index < -0.39 is 17.6 Å². The van der Waals surface area contributed by atoms with Crippen molar-refractivity contribution in [3.05, 3.63) is 83.7 Å². The highest BCUT2D eigenvalue weighted by Crippen LogP contribution is 2.36. The first kappa shape index (κ1) is 22.9. The van der Waals surface area contributed by atoms with Crippen LogP contribution in [0.25, 0.3) is 33.3 Å². The van der Waals surface area contributed by atoms with Crippen molar-refractivity contribution < 1.29 is 22.4 Å². The number of halogens is 4. The number of nitrogens with zero attached hydrogens (tertiary/aromatic N) is 2. The Kier molecular flexibility index (Phi) is 6.28. The van der Waals surface area contributed by atoms with Gasteiger partial charge in [0.2, 0.25) is 0 Å². The Labute approximate surface area is 192 Å². The van der Waals surface area contributed by atoms with Crippen molar-refractivity contribution in [1.29, 1.82) is 5.26 Å². The summed E-state index contributed by atoms with van der Waals surface area (Å²) in [6.45, 7) is 0.252. The van der Waals surface area contributed by atoms with Gasteiger partial charge in [0.05, 0.1) is 22.5 Å². The van der Waals surface area contributed by atoms with Crippen molar-refractivity contribution in [2.45, 2.75) is 12.6 Å². The lowest BCUT2D eigenvalue weighted by Gasteiger charge is -2.15. The number of carbonyl (C=O) groups excluding carboxylic acids is 1. The van der Waals surface area contributed by atoms with Crippen molar-refractivity contribution in [3.8, 4) is 28.5 Å². The van der Waals surface area contributed by atoms with E-state index in [9.17, 15) is 27.6 Å². The minimum absolute atomic E-state index is 0.177. The molecule has 170 valence electrons. The first-order valence-electron chi connectivity index (χ1n) is 10.3. The summed E-state index contributed by atoms with van der Waals surface area (Å²) in [5.74, 6) is -0.491. The zero-order valence-electron chi connectivity index (χ0n) is 17.7. The van der Waals surface area contributed by atoms with Crippen LogP contribution in [0.5, 0.6) is 0 Å². The second kappa shape index (κ2) is 9.32. The molecular formula is C26H17F4N3O. The number of nitriles is 1. The normalized spacial score (nSPS) is 11.3. The van der Waals surface area contributed by atoms with Gasteiger partial charge in [-0.2, -0.15) is 18.4 Å². The Hall–Kier alpha value is -4.25. The molecule has 4 aromatic rings. The third-order valence-electron chi connectivity index (χ3n) is 5.30. The van der Waals surface area contributed by atoms with Gasteiger partial charge >= 0.3 is 6.18 Å². The average molecular weight is 463 g/mol. The summed E-state index contributed by atoms with van der Waals surface area (Å²) in [5.41, 5.74) is 2.13. The summed E-state index contributed by atoms with van der Waals surface area (Å²) in [4.78, 5) is 15.3. The zero-order chi connectivity index (χ0) is 24.3. The Bertz CT molecular complexity index is 1410. The summed E-state index contributed by atoms with van der Waals surface area (Å²) in [7, 11) is 0. The molecule has 8 heteroatoms. The molecule has 1 aromatic heterocycles. The topological polar surface area (TPSA) is 65.8 Å². The number of benzene rings is 3. The maximum Gasteiger partial charge on any atom is 0.416 e. The maximum absolute atomic E-state index is 13.9. The molecule has 1 N–H and O–H groups in total. The largest absolute Gasteiger partial charge is 0.416 e. The fourth-order valence-electron chi connectivity index (χ4n) is 3.69. The van der Waals surface area contributed by atoms with Crippen LogP contribution in [0.15, 0.2) is 66.7 Å². The highest BCUT2D eigenvalue weighted by Gasteiger charge is 2.30. The first-order valence-corrected chi connectivity index (χ1v) is 10.3. The van der Waals surface area contributed by atoms with E-state index in [2.05, 4.69) is 16.4 Å². The van der Waals surface area contributed by atoms with E-state index in [1.807, 2.05) is 0 Å². The number of carbonyl (C=O) groups is 1. The van der Waals surface area contributed by atoms with Crippen LogP contribution in [0.3, 0.4) is 0 Å². The number of alkyl halides is 3. The zero-order valence-corrected chi connectivity index (χ0v) is 17.7. The second-order valence-electron chi connectivity index (χ2n) is 7.52. The molecule has 0 aliphatic rings. The smallest absolute Gasteiger partial charge is 0.383 e. The molecule has 0 saturated carbocycles. The Balaban J connectivity index is 1.80. The highest BCUT2D eigenvalue weighted by atomic mass is 19.4. The Morgan fingerprint density at radius 2 is 1.71 bits per heavy atom. The molecule has 1 heterocycles. The van der Waals surface area contributed by atoms with Gasteiger partial charge < -0.3 is 10.1 Å². The van der Waals surface area contributed by atoms with Crippen molar-refractivity contribution in [3.63, 3.8) is 0 Å². The van der Waals surface area contributed by atoms with Crippen LogP contribution in [0.2, 0.25) is 0 Å². The molecule has 0 unspecified atom stereocenters. The van der Waals surface area contributed by atoms with Crippen LogP contribution >= 0.6 is 0 Å². The van der Waals surface area contributed by atoms with Gasteiger partial charge in [-0.05, 0) is 41.5 Å². The lowest BCUT2D eigenvalue weighted by Crippen LogP contribution is -2.07. The predicted octanol–water partition coefficient (Wildman–Crippen LogP) is 6.60. The van der Waals surface area contributed by atoms with E-state index in [4.69, 9.17) is 0 Å². The molecular weight excluding hydrogens is 446 g/mol. The van der Waals surface area contributed by atoms with Gasteiger partial charge in [0.25, 0.3) is 0 Å². The third kappa shape index (κ3) is 4.59. The monoisotopic (exact) mass is 463 g/mol. The van der Waals surface area contributed by atoms with Crippen molar-refractivity contribution in [1.82, 2.24) is 4.98 Å². The number of nitrogens with one attached hydrogen (secondary N) is 1. The fraction of sp³-hybridized carbons (Fsp3) is 0.115. The van der Waals surface area contributed by atoms with Crippen LogP contribution in [-0.4, -0.2) is 17.8 Å². The van der Waals surface area contributed by atoms with Gasteiger partial charge in [-0.15, -0.1) is 0 Å². The van der Waals surface area contributed by atoms with Crippen LogP contribution < -0.4 is 5.32 Å². The summed E-state index contributed by atoms with van der Waals surface area (Å²) in [6, 6.07) is 17.8. The van der Waals surface area contributed by atoms with E-state index in [1.54, 1.807) is 30.3 Å². The molecule has 0 fully saturated rings. The number of aromatic nitrogens is 1. The molecule has 0 spiro atoms. The number of rotatable bonds is 6. The standard InChI is InChI=1S/C26H17F4N3O/c27-20-9-10-23-21(14-20)25(32-11-2-12-34)22(15-31)24(33-23)17-7-5-16(6-8-17)18-3-1-4-19(13-18)26(28,29)30/h1,3-10,12-14H,2,11H2,(H,32,33). The average Bonchev–Trinajstić information content (AvgIpc) is 2.83. The molecule has 0 bridgehead atoms. The van der Waals surface area contributed by atoms with Crippen molar-refractivity contribution in [2.24, 2.45) is 0 Å². The minimum Gasteiger partial charge on any atom is -0.383 e. The minimum atomic E-state index is -4.45. The molecule has 0 aliphatic heterocycles. The van der Waals surface area contributed by atoms with Crippen molar-refractivity contribution in [2.75, 3.05) is 11.9 Å². The van der Waals surface area contributed by atoms with Gasteiger partial charge in [0.1, 0.15) is 23.7 Å². The molecule has 0 aliphatic carbocycles. The third-order valence-corrected chi connectivity index (χ3v) is 5.30. The lowest BCUT2D eigenvalue weighted by atomic mass is 9.98. The summed E-state index contributed by atoms with van der Waals surface area (Å²) in [5, 5.41) is 13.3. The Morgan fingerprint density at radius 3 is 2.38 bits per heavy atom. The summed E-state index contributed by atoms with van der Waals surface area (Å²) in [6.07, 6.45) is -3.51. The van der Waals surface area contributed by atoms with Crippen LogP contribution in [-0.2, 0) is 11.0 Å². The summed E-state index contributed by atoms with van der Waals surface area (Å²) >= 11 is 0. The number of pyridine rings is 1. The van der Waals surface area contributed by atoms with Gasteiger partial charge in [0, 0.05) is 23.9 Å².